The summed E-state index contributed by atoms with van der Waals surface area (Å²) in [7, 11) is 3.07. The van der Waals surface area contributed by atoms with E-state index in [2.05, 4.69) is 5.32 Å². The van der Waals surface area contributed by atoms with Crippen LogP contribution in [0.4, 0.5) is 0 Å². The van der Waals surface area contributed by atoms with Crippen molar-refractivity contribution in [3.05, 3.63) is 35.9 Å². The molecule has 0 spiro atoms. The Labute approximate surface area is 108 Å². The Kier molecular flexibility index (Phi) is 6.39. The lowest BCUT2D eigenvalue weighted by molar-refractivity contribution is -0.143. The van der Waals surface area contributed by atoms with Crippen molar-refractivity contribution >= 4 is 5.97 Å². The first-order valence-electron chi connectivity index (χ1n) is 6.06. The largest absolute Gasteiger partial charge is 0.468 e. The first-order chi connectivity index (χ1) is 8.69. The molecule has 100 valence electrons. The fourth-order valence-corrected chi connectivity index (χ4v) is 1.73. The highest BCUT2D eigenvalue weighted by atomic mass is 16.5. The lowest BCUT2D eigenvalue weighted by atomic mass is 10.1. The fourth-order valence-electron chi connectivity index (χ4n) is 1.73. The predicted molar refractivity (Wildman–Crippen MR) is 70.3 cm³/mol. The van der Waals surface area contributed by atoms with Crippen molar-refractivity contribution in [2.24, 2.45) is 0 Å². The maximum atomic E-state index is 11.8. The van der Waals surface area contributed by atoms with Gasteiger partial charge in [-0.3, -0.25) is 5.32 Å². The molecule has 2 atom stereocenters. The molecule has 1 aromatic carbocycles. The van der Waals surface area contributed by atoms with Crippen molar-refractivity contribution in [3.63, 3.8) is 0 Å². The van der Waals surface area contributed by atoms with Crippen LogP contribution in [0.25, 0.3) is 0 Å². The Balaban J connectivity index is 2.71. The molecule has 0 heterocycles. The maximum Gasteiger partial charge on any atom is 0.327 e. The first-order valence-corrected chi connectivity index (χ1v) is 6.06. The van der Waals surface area contributed by atoms with Crippen LogP contribution in [-0.2, 0) is 14.3 Å². The molecule has 4 nitrogen and oxygen atoms in total. The van der Waals surface area contributed by atoms with Gasteiger partial charge < -0.3 is 9.47 Å². The van der Waals surface area contributed by atoms with Gasteiger partial charge in [0.1, 0.15) is 6.04 Å². The van der Waals surface area contributed by atoms with E-state index in [1.165, 1.54) is 7.11 Å². The van der Waals surface area contributed by atoms with E-state index in [1.54, 1.807) is 7.11 Å². The SMILES string of the molecule is COCCC(C)NC(C(=O)OC)c1ccccc1. The number of esters is 1. The Morgan fingerprint density at radius 3 is 2.50 bits per heavy atom. The average molecular weight is 251 g/mol. The summed E-state index contributed by atoms with van der Waals surface area (Å²) in [6.45, 7) is 2.69. The van der Waals surface area contributed by atoms with E-state index in [1.807, 2.05) is 37.3 Å². The molecular weight excluding hydrogens is 230 g/mol. The average Bonchev–Trinajstić information content (AvgIpc) is 2.42. The summed E-state index contributed by atoms with van der Waals surface area (Å²) in [5, 5.41) is 3.26. The van der Waals surface area contributed by atoms with Crippen molar-refractivity contribution < 1.29 is 14.3 Å². The molecule has 0 aliphatic carbocycles. The second-order valence-electron chi connectivity index (χ2n) is 4.22. The molecular formula is C14H21NO3. The zero-order valence-electron chi connectivity index (χ0n) is 11.2. The van der Waals surface area contributed by atoms with Crippen LogP contribution in [0.15, 0.2) is 30.3 Å². The molecule has 18 heavy (non-hydrogen) atoms. The second kappa shape index (κ2) is 7.84. The summed E-state index contributed by atoms with van der Waals surface area (Å²) in [4.78, 5) is 11.8. The van der Waals surface area contributed by atoms with E-state index < -0.39 is 6.04 Å². The summed E-state index contributed by atoms with van der Waals surface area (Å²) < 4.78 is 9.87. The monoisotopic (exact) mass is 251 g/mol. The van der Waals surface area contributed by atoms with Crippen LogP contribution < -0.4 is 5.32 Å². The van der Waals surface area contributed by atoms with Gasteiger partial charge in [-0.05, 0) is 18.9 Å². The molecule has 1 N–H and O–H groups in total. The van der Waals surface area contributed by atoms with Crippen LogP contribution in [0, 0.1) is 0 Å². The van der Waals surface area contributed by atoms with Crippen molar-refractivity contribution in [2.75, 3.05) is 20.8 Å². The lowest BCUT2D eigenvalue weighted by Crippen LogP contribution is -2.36. The smallest absolute Gasteiger partial charge is 0.327 e. The third-order valence-corrected chi connectivity index (χ3v) is 2.78. The molecule has 0 amide bonds. The molecule has 1 aromatic rings. The first kappa shape index (κ1) is 14.7. The highest BCUT2D eigenvalue weighted by Gasteiger charge is 2.22. The Hall–Kier alpha value is -1.39. The molecule has 0 aromatic heterocycles. The van der Waals surface area contributed by atoms with Gasteiger partial charge in [0.15, 0.2) is 0 Å². The van der Waals surface area contributed by atoms with Gasteiger partial charge in [-0.15, -0.1) is 0 Å². The normalized spacial score (nSPS) is 13.9. The van der Waals surface area contributed by atoms with Gasteiger partial charge in [-0.2, -0.15) is 0 Å². The molecule has 1 rings (SSSR count). The molecule has 0 aliphatic heterocycles. The molecule has 0 bridgehead atoms. The zero-order valence-corrected chi connectivity index (χ0v) is 11.2. The van der Waals surface area contributed by atoms with Crippen LogP contribution in [-0.4, -0.2) is 32.8 Å². The fraction of sp³-hybridized carbons (Fsp3) is 0.500. The van der Waals surface area contributed by atoms with Gasteiger partial charge >= 0.3 is 5.97 Å². The standard InChI is InChI=1S/C14H21NO3/c1-11(9-10-17-2)15-13(14(16)18-3)12-7-5-4-6-8-12/h4-8,11,13,15H,9-10H2,1-3H3. The summed E-state index contributed by atoms with van der Waals surface area (Å²) >= 11 is 0. The van der Waals surface area contributed by atoms with E-state index in [9.17, 15) is 4.79 Å². The van der Waals surface area contributed by atoms with Gasteiger partial charge in [-0.25, -0.2) is 4.79 Å². The van der Waals surface area contributed by atoms with Crippen molar-refractivity contribution in [2.45, 2.75) is 25.4 Å². The molecule has 4 heteroatoms. The zero-order chi connectivity index (χ0) is 13.4. The lowest BCUT2D eigenvalue weighted by Gasteiger charge is -2.21. The summed E-state index contributed by atoms with van der Waals surface area (Å²) in [6, 6.07) is 9.32. The van der Waals surface area contributed by atoms with E-state index in [4.69, 9.17) is 9.47 Å². The van der Waals surface area contributed by atoms with Crippen molar-refractivity contribution in [1.29, 1.82) is 0 Å². The van der Waals surface area contributed by atoms with E-state index >= 15 is 0 Å². The van der Waals surface area contributed by atoms with Crippen LogP contribution in [0.1, 0.15) is 24.9 Å². The van der Waals surface area contributed by atoms with Gasteiger partial charge in [0.25, 0.3) is 0 Å². The number of hydrogen-bond acceptors (Lipinski definition) is 4. The summed E-state index contributed by atoms with van der Waals surface area (Å²) in [5.74, 6) is -0.273. The number of carbonyl (C=O) groups is 1. The molecule has 0 saturated carbocycles. The third kappa shape index (κ3) is 4.47. The Morgan fingerprint density at radius 2 is 1.94 bits per heavy atom. The third-order valence-electron chi connectivity index (χ3n) is 2.78. The molecule has 0 radical (unpaired) electrons. The van der Waals surface area contributed by atoms with E-state index in [0.29, 0.717) is 6.61 Å². The molecule has 0 aliphatic rings. The number of nitrogens with one attached hydrogen (secondary N) is 1. The number of methoxy groups -OCH3 is 2. The number of ether oxygens (including phenoxy) is 2. The number of carbonyl (C=O) groups excluding carboxylic acids is 1. The van der Waals surface area contributed by atoms with E-state index in [0.717, 1.165) is 12.0 Å². The number of benzene rings is 1. The molecule has 0 fully saturated rings. The van der Waals surface area contributed by atoms with Gasteiger partial charge in [0.2, 0.25) is 0 Å². The van der Waals surface area contributed by atoms with Gasteiger partial charge in [0, 0.05) is 19.8 Å². The van der Waals surface area contributed by atoms with Crippen LogP contribution in [0.3, 0.4) is 0 Å². The van der Waals surface area contributed by atoms with Crippen molar-refractivity contribution in [1.82, 2.24) is 5.32 Å². The Morgan fingerprint density at radius 1 is 1.28 bits per heavy atom. The summed E-state index contributed by atoms with van der Waals surface area (Å²) in [5.41, 5.74) is 0.911. The van der Waals surface area contributed by atoms with Crippen LogP contribution in [0.5, 0.6) is 0 Å². The maximum absolute atomic E-state index is 11.8. The van der Waals surface area contributed by atoms with Gasteiger partial charge in [-0.1, -0.05) is 30.3 Å². The quantitative estimate of drug-likeness (QED) is 0.752. The molecule has 2 unspecified atom stereocenters. The Bertz CT molecular complexity index is 353. The minimum Gasteiger partial charge on any atom is -0.468 e. The van der Waals surface area contributed by atoms with Gasteiger partial charge in [0.05, 0.1) is 7.11 Å². The van der Waals surface area contributed by atoms with Crippen molar-refractivity contribution in [3.8, 4) is 0 Å². The second-order valence-corrected chi connectivity index (χ2v) is 4.22. The van der Waals surface area contributed by atoms with E-state index in [-0.39, 0.29) is 12.0 Å². The minimum atomic E-state index is -0.428. The van der Waals surface area contributed by atoms with Crippen LogP contribution >= 0.6 is 0 Å². The van der Waals surface area contributed by atoms with Crippen LogP contribution in [0.2, 0.25) is 0 Å². The minimum absolute atomic E-state index is 0.175. The number of rotatable bonds is 7. The topological polar surface area (TPSA) is 47.6 Å². The number of hydrogen-bond donors (Lipinski definition) is 1. The molecule has 0 saturated heterocycles. The summed E-state index contributed by atoms with van der Waals surface area (Å²) in [6.07, 6.45) is 0.844. The highest BCUT2D eigenvalue weighted by molar-refractivity contribution is 5.77. The highest BCUT2D eigenvalue weighted by Crippen LogP contribution is 2.15. The predicted octanol–water partition coefficient (Wildman–Crippen LogP) is 1.92.